The highest BCUT2D eigenvalue weighted by Crippen LogP contribution is 2.26. The van der Waals surface area contributed by atoms with Crippen molar-refractivity contribution >= 4 is 5.69 Å². The summed E-state index contributed by atoms with van der Waals surface area (Å²) in [6.45, 7) is 7.93. The van der Waals surface area contributed by atoms with Crippen molar-refractivity contribution < 1.29 is 5.11 Å². The lowest BCUT2D eigenvalue weighted by molar-refractivity contribution is 0.103. The van der Waals surface area contributed by atoms with Gasteiger partial charge >= 0.3 is 0 Å². The van der Waals surface area contributed by atoms with E-state index in [0.717, 1.165) is 32.6 Å². The second-order valence-electron chi connectivity index (χ2n) is 5.19. The molecule has 1 fully saturated rings. The van der Waals surface area contributed by atoms with Gasteiger partial charge < -0.3 is 15.3 Å². The summed E-state index contributed by atoms with van der Waals surface area (Å²) in [4.78, 5) is 2.32. The molecule has 1 aliphatic rings. The van der Waals surface area contributed by atoms with Gasteiger partial charge in [-0.05, 0) is 30.5 Å². The van der Waals surface area contributed by atoms with Crippen LogP contribution in [-0.4, -0.2) is 30.8 Å². The maximum Gasteiger partial charge on any atom is 0.0741 e. The molecule has 2 N–H and O–H groups in total. The number of aliphatic hydroxyl groups excluding tert-OH is 1. The van der Waals surface area contributed by atoms with Crippen molar-refractivity contribution in [1.29, 1.82) is 0 Å². The minimum Gasteiger partial charge on any atom is -0.391 e. The Labute approximate surface area is 110 Å². The first kappa shape index (κ1) is 13.4. The van der Waals surface area contributed by atoms with Gasteiger partial charge in [0.15, 0.2) is 0 Å². The topological polar surface area (TPSA) is 35.5 Å². The summed E-state index contributed by atoms with van der Waals surface area (Å²) in [6.07, 6.45) is 0.863. The van der Waals surface area contributed by atoms with Crippen LogP contribution in [0.5, 0.6) is 0 Å². The zero-order valence-electron chi connectivity index (χ0n) is 11.4. The molecule has 2 unspecified atom stereocenters. The Morgan fingerprint density at radius 1 is 1.39 bits per heavy atom. The first-order chi connectivity index (χ1) is 8.72. The third kappa shape index (κ3) is 3.03. The van der Waals surface area contributed by atoms with E-state index in [2.05, 4.69) is 48.3 Å². The van der Waals surface area contributed by atoms with Crippen molar-refractivity contribution in [3.05, 3.63) is 29.8 Å². The van der Waals surface area contributed by atoms with Crippen LogP contribution in [0.2, 0.25) is 0 Å². The number of anilines is 1. The largest absolute Gasteiger partial charge is 0.391 e. The van der Waals surface area contributed by atoms with E-state index in [1.54, 1.807) is 0 Å². The fourth-order valence-corrected chi connectivity index (χ4v) is 2.50. The number of rotatable bonds is 4. The second-order valence-corrected chi connectivity index (χ2v) is 5.19. The highest BCUT2D eigenvalue weighted by atomic mass is 16.3. The number of para-hydroxylation sites is 1. The standard InChI is InChI=1S/C15H24N2O/c1-3-16-10-13-6-4-5-7-14(13)17-9-8-12(2)15(18)11-17/h4-7,12,15-16,18H,3,8-11H2,1-2H3. The number of hydrogen-bond donors (Lipinski definition) is 2. The van der Waals surface area contributed by atoms with Crippen LogP contribution < -0.4 is 10.2 Å². The van der Waals surface area contributed by atoms with Crippen molar-refractivity contribution in [1.82, 2.24) is 5.32 Å². The highest BCUT2D eigenvalue weighted by Gasteiger charge is 2.25. The van der Waals surface area contributed by atoms with Crippen LogP contribution in [0, 0.1) is 5.92 Å². The van der Waals surface area contributed by atoms with Gasteiger partial charge in [-0.3, -0.25) is 0 Å². The summed E-state index contributed by atoms with van der Waals surface area (Å²) in [6, 6.07) is 8.49. The average molecular weight is 248 g/mol. The molecular weight excluding hydrogens is 224 g/mol. The molecule has 18 heavy (non-hydrogen) atoms. The Hall–Kier alpha value is -1.06. The molecule has 0 saturated carbocycles. The van der Waals surface area contributed by atoms with E-state index >= 15 is 0 Å². The van der Waals surface area contributed by atoms with Crippen LogP contribution in [0.25, 0.3) is 0 Å². The van der Waals surface area contributed by atoms with Gasteiger partial charge in [-0.25, -0.2) is 0 Å². The summed E-state index contributed by atoms with van der Waals surface area (Å²) < 4.78 is 0. The van der Waals surface area contributed by atoms with Crippen molar-refractivity contribution in [2.24, 2.45) is 5.92 Å². The molecule has 3 heteroatoms. The summed E-state index contributed by atoms with van der Waals surface area (Å²) in [7, 11) is 0. The first-order valence-corrected chi connectivity index (χ1v) is 6.94. The number of hydrogen-bond acceptors (Lipinski definition) is 3. The molecular formula is C15H24N2O. The fourth-order valence-electron chi connectivity index (χ4n) is 2.50. The second kappa shape index (κ2) is 6.21. The molecule has 0 amide bonds. The third-order valence-electron chi connectivity index (χ3n) is 3.82. The monoisotopic (exact) mass is 248 g/mol. The summed E-state index contributed by atoms with van der Waals surface area (Å²) >= 11 is 0. The SMILES string of the molecule is CCNCc1ccccc1N1CCC(C)C(O)C1. The molecule has 2 atom stereocenters. The van der Waals surface area contributed by atoms with E-state index in [0.29, 0.717) is 5.92 Å². The summed E-state index contributed by atoms with van der Waals surface area (Å²) in [5.41, 5.74) is 2.59. The maximum atomic E-state index is 10.0. The number of aliphatic hydroxyl groups is 1. The highest BCUT2D eigenvalue weighted by molar-refractivity contribution is 5.54. The van der Waals surface area contributed by atoms with E-state index in [4.69, 9.17) is 0 Å². The zero-order valence-corrected chi connectivity index (χ0v) is 11.4. The van der Waals surface area contributed by atoms with Gasteiger partial charge in [0, 0.05) is 25.3 Å². The lowest BCUT2D eigenvalue weighted by atomic mass is 9.95. The Morgan fingerprint density at radius 3 is 2.89 bits per heavy atom. The lowest BCUT2D eigenvalue weighted by Crippen LogP contribution is -2.43. The Balaban J connectivity index is 2.12. The van der Waals surface area contributed by atoms with Gasteiger partial charge in [-0.2, -0.15) is 0 Å². The Kier molecular flexibility index (Phi) is 4.61. The molecule has 1 aromatic carbocycles. The molecule has 0 aromatic heterocycles. The van der Waals surface area contributed by atoms with Crippen LogP contribution in [0.15, 0.2) is 24.3 Å². The van der Waals surface area contributed by atoms with Gasteiger partial charge in [0.05, 0.1) is 6.10 Å². The normalized spacial score (nSPS) is 24.3. The Morgan fingerprint density at radius 2 is 2.17 bits per heavy atom. The molecule has 0 spiro atoms. The summed E-state index contributed by atoms with van der Waals surface area (Å²) in [5, 5.41) is 13.4. The van der Waals surface area contributed by atoms with Crippen LogP contribution in [0.4, 0.5) is 5.69 Å². The van der Waals surface area contributed by atoms with Gasteiger partial charge in [0.25, 0.3) is 0 Å². The average Bonchev–Trinajstić information content (AvgIpc) is 2.40. The van der Waals surface area contributed by atoms with Crippen molar-refractivity contribution in [3.8, 4) is 0 Å². The van der Waals surface area contributed by atoms with E-state index in [-0.39, 0.29) is 6.10 Å². The molecule has 0 radical (unpaired) electrons. The molecule has 100 valence electrons. The predicted octanol–water partition coefficient (Wildman–Crippen LogP) is 2.00. The van der Waals surface area contributed by atoms with Gasteiger partial charge in [0.1, 0.15) is 0 Å². The van der Waals surface area contributed by atoms with Gasteiger partial charge in [-0.15, -0.1) is 0 Å². The maximum absolute atomic E-state index is 10.0. The quantitative estimate of drug-likeness (QED) is 0.855. The predicted molar refractivity (Wildman–Crippen MR) is 75.8 cm³/mol. The number of β-amino-alcohol motifs (C(OH)–C–C–N with tert-alkyl or cyclic N) is 1. The lowest BCUT2D eigenvalue weighted by Gasteiger charge is -2.36. The molecule has 1 aromatic rings. The molecule has 2 rings (SSSR count). The Bertz CT molecular complexity index is 381. The number of piperidine rings is 1. The molecule has 0 aliphatic carbocycles. The van der Waals surface area contributed by atoms with E-state index in [1.165, 1.54) is 11.3 Å². The minimum absolute atomic E-state index is 0.203. The first-order valence-electron chi connectivity index (χ1n) is 6.94. The smallest absolute Gasteiger partial charge is 0.0741 e. The molecule has 1 aliphatic heterocycles. The number of benzene rings is 1. The third-order valence-corrected chi connectivity index (χ3v) is 3.82. The molecule has 1 heterocycles. The van der Waals surface area contributed by atoms with Crippen LogP contribution in [0.3, 0.4) is 0 Å². The molecule has 3 nitrogen and oxygen atoms in total. The van der Waals surface area contributed by atoms with Gasteiger partial charge in [-0.1, -0.05) is 32.0 Å². The molecule has 1 saturated heterocycles. The molecule has 0 bridgehead atoms. The van der Waals surface area contributed by atoms with E-state index in [1.807, 2.05) is 0 Å². The zero-order chi connectivity index (χ0) is 13.0. The van der Waals surface area contributed by atoms with Crippen molar-refractivity contribution in [2.45, 2.75) is 32.9 Å². The number of nitrogens with one attached hydrogen (secondary N) is 1. The van der Waals surface area contributed by atoms with Crippen LogP contribution in [-0.2, 0) is 6.54 Å². The van der Waals surface area contributed by atoms with Crippen molar-refractivity contribution in [3.63, 3.8) is 0 Å². The van der Waals surface area contributed by atoms with Crippen LogP contribution >= 0.6 is 0 Å². The summed E-state index contributed by atoms with van der Waals surface area (Å²) in [5.74, 6) is 0.419. The van der Waals surface area contributed by atoms with E-state index in [9.17, 15) is 5.11 Å². The number of nitrogens with zero attached hydrogens (tertiary/aromatic N) is 1. The minimum atomic E-state index is -0.203. The fraction of sp³-hybridized carbons (Fsp3) is 0.600. The van der Waals surface area contributed by atoms with Crippen molar-refractivity contribution in [2.75, 3.05) is 24.5 Å². The van der Waals surface area contributed by atoms with Gasteiger partial charge in [0.2, 0.25) is 0 Å². The van der Waals surface area contributed by atoms with Crippen LogP contribution in [0.1, 0.15) is 25.8 Å². The van der Waals surface area contributed by atoms with E-state index < -0.39 is 0 Å².